The Morgan fingerprint density at radius 3 is 2.42 bits per heavy atom. The van der Waals surface area contributed by atoms with Crippen LogP contribution in [0.3, 0.4) is 0 Å². The van der Waals surface area contributed by atoms with Gasteiger partial charge in [0.1, 0.15) is 0 Å². The molecular formula is C13H11BrClN3O. The molecule has 0 aliphatic carbocycles. The van der Waals surface area contributed by atoms with Crippen LogP contribution in [0.1, 0.15) is 10.4 Å². The van der Waals surface area contributed by atoms with Gasteiger partial charge in [-0.15, -0.1) is 0 Å². The third-order valence-electron chi connectivity index (χ3n) is 2.53. The summed E-state index contributed by atoms with van der Waals surface area (Å²) in [7, 11) is 0. The first-order valence-electron chi connectivity index (χ1n) is 5.39. The number of nitrogens with one attached hydrogen (secondary N) is 1. The van der Waals surface area contributed by atoms with Gasteiger partial charge in [-0.25, -0.2) is 0 Å². The molecule has 0 radical (unpaired) electrons. The molecule has 2 aromatic rings. The van der Waals surface area contributed by atoms with E-state index < -0.39 is 5.91 Å². The summed E-state index contributed by atoms with van der Waals surface area (Å²) < 4.78 is 0.815. The lowest BCUT2D eigenvalue weighted by Gasteiger charge is -2.10. The normalized spacial score (nSPS) is 10.2. The summed E-state index contributed by atoms with van der Waals surface area (Å²) in [6, 6.07) is 10.5. The molecule has 5 N–H and O–H groups in total. The van der Waals surface area contributed by atoms with Crippen molar-refractivity contribution in [2.24, 2.45) is 5.73 Å². The molecule has 2 rings (SSSR count). The van der Waals surface area contributed by atoms with Gasteiger partial charge in [-0.3, -0.25) is 4.79 Å². The van der Waals surface area contributed by atoms with E-state index in [1.54, 1.807) is 24.3 Å². The molecule has 0 unspecified atom stereocenters. The first-order valence-corrected chi connectivity index (χ1v) is 6.56. The van der Waals surface area contributed by atoms with Gasteiger partial charge in [-0.1, -0.05) is 11.6 Å². The number of nitrogen functional groups attached to an aromatic ring is 1. The lowest BCUT2D eigenvalue weighted by atomic mass is 10.1. The maximum absolute atomic E-state index is 11.2. The Hall–Kier alpha value is -1.72. The molecule has 0 fully saturated rings. The topological polar surface area (TPSA) is 81.1 Å². The van der Waals surface area contributed by atoms with Crippen LogP contribution >= 0.6 is 27.5 Å². The van der Waals surface area contributed by atoms with Gasteiger partial charge in [0.2, 0.25) is 0 Å². The molecule has 2 aromatic carbocycles. The first kappa shape index (κ1) is 13.7. The Morgan fingerprint density at radius 1 is 1.16 bits per heavy atom. The monoisotopic (exact) mass is 339 g/mol. The minimum atomic E-state index is -0.560. The van der Waals surface area contributed by atoms with E-state index in [4.69, 9.17) is 23.1 Å². The molecule has 0 spiro atoms. The minimum absolute atomic E-state index is 0.285. The van der Waals surface area contributed by atoms with Crippen molar-refractivity contribution in [1.82, 2.24) is 0 Å². The minimum Gasteiger partial charge on any atom is -0.398 e. The van der Waals surface area contributed by atoms with Crippen molar-refractivity contribution in [3.63, 3.8) is 0 Å². The number of hydrogen-bond acceptors (Lipinski definition) is 3. The first-order chi connectivity index (χ1) is 8.97. The molecule has 6 heteroatoms. The summed E-state index contributed by atoms with van der Waals surface area (Å²) in [4.78, 5) is 11.2. The highest BCUT2D eigenvalue weighted by atomic mass is 79.9. The van der Waals surface area contributed by atoms with E-state index in [-0.39, 0.29) is 5.56 Å². The van der Waals surface area contributed by atoms with Crippen molar-refractivity contribution in [2.75, 3.05) is 11.1 Å². The SMILES string of the molecule is NC(=O)c1cc(Nc2ccc(Br)c(Cl)c2)ccc1N. The molecule has 0 bridgehead atoms. The fraction of sp³-hybridized carbons (Fsp3) is 0. The Morgan fingerprint density at radius 2 is 1.79 bits per heavy atom. The third-order valence-corrected chi connectivity index (χ3v) is 3.76. The van der Waals surface area contributed by atoms with E-state index >= 15 is 0 Å². The maximum atomic E-state index is 11.2. The predicted molar refractivity (Wildman–Crippen MR) is 81.8 cm³/mol. The molecular weight excluding hydrogens is 330 g/mol. The van der Waals surface area contributed by atoms with Gasteiger partial charge in [0, 0.05) is 21.5 Å². The number of nitrogens with two attached hydrogens (primary N) is 2. The van der Waals surface area contributed by atoms with Gasteiger partial charge in [0.25, 0.3) is 5.91 Å². The Kier molecular flexibility index (Phi) is 3.97. The van der Waals surface area contributed by atoms with Crippen molar-refractivity contribution >= 4 is 50.5 Å². The van der Waals surface area contributed by atoms with Gasteiger partial charge in [0.05, 0.1) is 10.6 Å². The summed E-state index contributed by atoms with van der Waals surface area (Å²) in [5.74, 6) is -0.560. The molecule has 0 aliphatic heterocycles. The van der Waals surface area contributed by atoms with Gasteiger partial charge >= 0.3 is 0 Å². The quantitative estimate of drug-likeness (QED) is 0.748. The zero-order valence-electron chi connectivity index (χ0n) is 9.78. The van der Waals surface area contributed by atoms with Gasteiger partial charge in [-0.05, 0) is 52.3 Å². The molecule has 98 valence electrons. The lowest BCUT2D eigenvalue weighted by molar-refractivity contribution is 0.100. The number of primary amides is 1. The number of rotatable bonds is 3. The van der Waals surface area contributed by atoms with Crippen LogP contribution in [0.5, 0.6) is 0 Å². The Bertz CT molecular complexity index is 646. The van der Waals surface area contributed by atoms with E-state index in [1.807, 2.05) is 12.1 Å². The number of carbonyl (C=O) groups is 1. The summed E-state index contributed by atoms with van der Waals surface area (Å²) in [5.41, 5.74) is 13.1. The molecule has 0 heterocycles. The summed E-state index contributed by atoms with van der Waals surface area (Å²) >= 11 is 9.32. The number of amides is 1. The van der Waals surface area contributed by atoms with Crippen LogP contribution in [0.25, 0.3) is 0 Å². The standard InChI is InChI=1S/C13H11BrClN3O/c14-10-3-1-8(6-11(10)15)18-7-2-4-12(16)9(5-7)13(17)19/h1-6,18H,16H2,(H2,17,19). The highest BCUT2D eigenvalue weighted by molar-refractivity contribution is 9.10. The van der Waals surface area contributed by atoms with Crippen molar-refractivity contribution < 1.29 is 4.79 Å². The molecule has 0 saturated heterocycles. The van der Waals surface area contributed by atoms with Gasteiger partial charge < -0.3 is 16.8 Å². The molecule has 0 atom stereocenters. The van der Waals surface area contributed by atoms with Gasteiger partial charge in [0.15, 0.2) is 0 Å². The smallest absolute Gasteiger partial charge is 0.250 e. The highest BCUT2D eigenvalue weighted by Crippen LogP contribution is 2.28. The third kappa shape index (κ3) is 3.19. The average molecular weight is 341 g/mol. The van der Waals surface area contributed by atoms with Crippen LogP contribution in [0.15, 0.2) is 40.9 Å². The summed E-state index contributed by atoms with van der Waals surface area (Å²) in [6.07, 6.45) is 0. The molecule has 0 aliphatic rings. The van der Waals surface area contributed by atoms with Gasteiger partial charge in [-0.2, -0.15) is 0 Å². The van der Waals surface area contributed by atoms with Crippen molar-refractivity contribution in [3.05, 3.63) is 51.5 Å². The zero-order chi connectivity index (χ0) is 14.0. The van der Waals surface area contributed by atoms with Crippen LogP contribution in [-0.2, 0) is 0 Å². The van der Waals surface area contributed by atoms with Crippen LogP contribution in [0.4, 0.5) is 17.1 Å². The second-order valence-electron chi connectivity index (χ2n) is 3.92. The fourth-order valence-corrected chi connectivity index (χ4v) is 2.02. The predicted octanol–water partition coefficient (Wildman–Crippen LogP) is 3.53. The van der Waals surface area contributed by atoms with Crippen LogP contribution in [0.2, 0.25) is 5.02 Å². The molecule has 19 heavy (non-hydrogen) atoms. The number of benzene rings is 2. The van der Waals surface area contributed by atoms with Crippen LogP contribution < -0.4 is 16.8 Å². The maximum Gasteiger partial charge on any atom is 0.250 e. The van der Waals surface area contributed by atoms with E-state index in [0.717, 1.165) is 10.2 Å². The summed E-state index contributed by atoms with van der Waals surface area (Å²) in [5, 5.41) is 3.72. The van der Waals surface area contributed by atoms with Crippen molar-refractivity contribution in [1.29, 1.82) is 0 Å². The Balaban J connectivity index is 2.30. The molecule has 0 saturated carbocycles. The van der Waals surface area contributed by atoms with E-state index in [0.29, 0.717) is 16.4 Å². The highest BCUT2D eigenvalue weighted by Gasteiger charge is 2.07. The van der Waals surface area contributed by atoms with E-state index in [1.165, 1.54) is 0 Å². The Labute approximate surface area is 123 Å². The van der Waals surface area contributed by atoms with Crippen LogP contribution in [-0.4, -0.2) is 5.91 Å². The molecule has 1 amide bonds. The number of halogens is 2. The second-order valence-corrected chi connectivity index (χ2v) is 5.18. The summed E-state index contributed by atoms with van der Waals surface area (Å²) in [6.45, 7) is 0. The zero-order valence-corrected chi connectivity index (χ0v) is 12.1. The molecule has 0 aromatic heterocycles. The number of hydrogen-bond donors (Lipinski definition) is 3. The average Bonchev–Trinajstić information content (AvgIpc) is 2.36. The second kappa shape index (κ2) is 5.50. The van der Waals surface area contributed by atoms with Crippen molar-refractivity contribution in [3.8, 4) is 0 Å². The molecule has 4 nitrogen and oxygen atoms in total. The van der Waals surface area contributed by atoms with Crippen LogP contribution in [0, 0.1) is 0 Å². The van der Waals surface area contributed by atoms with E-state index in [9.17, 15) is 4.79 Å². The largest absolute Gasteiger partial charge is 0.398 e. The lowest BCUT2D eigenvalue weighted by Crippen LogP contribution is -2.13. The number of anilines is 3. The van der Waals surface area contributed by atoms with Crippen molar-refractivity contribution in [2.45, 2.75) is 0 Å². The number of carbonyl (C=O) groups excluding carboxylic acids is 1. The van der Waals surface area contributed by atoms with E-state index in [2.05, 4.69) is 21.2 Å². The fourth-order valence-electron chi connectivity index (χ4n) is 1.59.